The van der Waals surface area contributed by atoms with Crippen molar-refractivity contribution in [3.05, 3.63) is 29.6 Å². The monoisotopic (exact) mass is 353 g/mol. The molecule has 4 rings (SSSR count). The smallest absolute Gasteiger partial charge is 0.230 e. The second kappa shape index (κ2) is 6.33. The largest absolute Gasteiger partial charge is 0.342 e. The van der Waals surface area contributed by atoms with Crippen molar-refractivity contribution in [1.82, 2.24) is 4.90 Å². The summed E-state index contributed by atoms with van der Waals surface area (Å²) in [6.07, 6.45) is 2.23. The first-order valence-corrected chi connectivity index (χ1v) is 8.16. The Balaban J connectivity index is 0.00000169. The second-order valence-corrected chi connectivity index (χ2v) is 6.94. The Kier molecular flexibility index (Phi) is 4.53. The van der Waals surface area contributed by atoms with Gasteiger partial charge in [-0.05, 0) is 42.4 Å². The lowest BCUT2D eigenvalue weighted by Crippen LogP contribution is -2.39. The molecule has 130 valence electrons. The van der Waals surface area contributed by atoms with Crippen molar-refractivity contribution in [1.29, 1.82) is 0 Å². The number of hydrogen-bond acceptors (Lipinski definition) is 3. The van der Waals surface area contributed by atoms with Crippen molar-refractivity contribution >= 4 is 29.9 Å². The van der Waals surface area contributed by atoms with Gasteiger partial charge in [0.15, 0.2) is 0 Å². The fourth-order valence-corrected chi connectivity index (χ4v) is 4.37. The summed E-state index contributed by atoms with van der Waals surface area (Å²) in [5.74, 6) is -0.344. The number of fused-ring (bicyclic) bond motifs is 2. The number of hydrogen-bond donors (Lipinski definition) is 2. The predicted molar refractivity (Wildman–Crippen MR) is 90.4 cm³/mol. The number of anilines is 1. The Labute approximate surface area is 146 Å². The van der Waals surface area contributed by atoms with Gasteiger partial charge in [-0.3, -0.25) is 9.59 Å². The molecular formula is C17H21ClFN3O2. The fourth-order valence-electron chi connectivity index (χ4n) is 4.37. The van der Waals surface area contributed by atoms with Crippen LogP contribution in [0.15, 0.2) is 18.2 Å². The molecule has 1 aromatic rings. The molecule has 2 heterocycles. The van der Waals surface area contributed by atoms with Crippen LogP contribution >= 0.6 is 12.4 Å². The number of nitrogens with zero attached hydrogens (tertiary/aromatic N) is 1. The molecule has 1 saturated carbocycles. The van der Waals surface area contributed by atoms with Crippen LogP contribution in [0.5, 0.6) is 0 Å². The molecule has 2 fully saturated rings. The van der Waals surface area contributed by atoms with Gasteiger partial charge in [0.2, 0.25) is 11.8 Å². The summed E-state index contributed by atoms with van der Waals surface area (Å²) in [6, 6.07) is 4.40. The minimum atomic E-state index is -0.519. The van der Waals surface area contributed by atoms with Gasteiger partial charge in [-0.2, -0.15) is 0 Å². The number of nitrogens with two attached hydrogens (primary N) is 1. The lowest BCUT2D eigenvalue weighted by Gasteiger charge is -2.29. The van der Waals surface area contributed by atoms with Crippen molar-refractivity contribution < 1.29 is 14.0 Å². The fraction of sp³-hybridized carbons (Fsp3) is 0.529. The highest BCUT2D eigenvalue weighted by atomic mass is 35.5. The topological polar surface area (TPSA) is 75.4 Å². The first-order chi connectivity index (χ1) is 11.0. The van der Waals surface area contributed by atoms with E-state index in [0.717, 1.165) is 19.4 Å². The summed E-state index contributed by atoms with van der Waals surface area (Å²) in [6.45, 7) is 1.41. The zero-order valence-corrected chi connectivity index (χ0v) is 14.0. The van der Waals surface area contributed by atoms with E-state index in [9.17, 15) is 14.0 Å². The minimum Gasteiger partial charge on any atom is -0.342 e. The zero-order valence-electron chi connectivity index (χ0n) is 13.2. The van der Waals surface area contributed by atoms with Gasteiger partial charge in [0.05, 0.1) is 5.92 Å². The molecule has 2 amide bonds. The molecule has 5 nitrogen and oxygen atoms in total. The quantitative estimate of drug-likeness (QED) is 0.809. The lowest BCUT2D eigenvalue weighted by molar-refractivity contribution is -0.134. The minimum absolute atomic E-state index is 0. The van der Waals surface area contributed by atoms with E-state index in [0.29, 0.717) is 29.6 Å². The molecule has 24 heavy (non-hydrogen) atoms. The highest BCUT2D eigenvalue weighted by molar-refractivity contribution is 6.01. The summed E-state index contributed by atoms with van der Waals surface area (Å²) in [7, 11) is 0. The van der Waals surface area contributed by atoms with Crippen LogP contribution in [0.1, 0.15) is 30.7 Å². The molecule has 1 aliphatic carbocycles. The van der Waals surface area contributed by atoms with E-state index >= 15 is 0 Å². The zero-order chi connectivity index (χ0) is 16.1. The summed E-state index contributed by atoms with van der Waals surface area (Å²) in [4.78, 5) is 26.7. The van der Waals surface area contributed by atoms with Crippen molar-refractivity contribution in [2.24, 2.45) is 17.6 Å². The third-order valence-corrected chi connectivity index (χ3v) is 5.58. The van der Waals surface area contributed by atoms with Crippen LogP contribution in [0.4, 0.5) is 10.1 Å². The average Bonchev–Trinajstić information content (AvgIpc) is 3.08. The molecule has 0 spiro atoms. The third kappa shape index (κ3) is 2.78. The van der Waals surface area contributed by atoms with Gasteiger partial charge in [-0.1, -0.05) is 6.07 Å². The number of carbonyl (C=O) groups is 2. The van der Waals surface area contributed by atoms with Gasteiger partial charge in [0.25, 0.3) is 0 Å². The summed E-state index contributed by atoms with van der Waals surface area (Å²) in [5.41, 5.74) is 7.25. The maximum Gasteiger partial charge on any atom is 0.230 e. The number of nitrogens with one attached hydrogen (secondary N) is 1. The molecule has 0 radical (unpaired) electrons. The van der Waals surface area contributed by atoms with Gasteiger partial charge in [-0.25, -0.2) is 4.39 Å². The summed E-state index contributed by atoms with van der Waals surface area (Å²) in [5, 5.41) is 2.65. The number of rotatable bonds is 1. The van der Waals surface area contributed by atoms with E-state index in [4.69, 9.17) is 5.73 Å². The summed E-state index contributed by atoms with van der Waals surface area (Å²) >= 11 is 0. The van der Waals surface area contributed by atoms with Crippen LogP contribution in [-0.2, 0) is 9.59 Å². The van der Waals surface area contributed by atoms with Crippen LogP contribution in [0.2, 0.25) is 0 Å². The van der Waals surface area contributed by atoms with Gasteiger partial charge >= 0.3 is 0 Å². The SMILES string of the molecule is Cl.NC1CCC2CN(C(=O)C3CC(=O)Nc4cc(F)ccc43)CC12. The lowest BCUT2D eigenvalue weighted by atomic mass is 9.89. The van der Waals surface area contributed by atoms with E-state index in [2.05, 4.69) is 5.32 Å². The van der Waals surface area contributed by atoms with E-state index < -0.39 is 11.7 Å². The Morgan fingerprint density at radius 2 is 2.08 bits per heavy atom. The Morgan fingerprint density at radius 1 is 1.29 bits per heavy atom. The van der Waals surface area contributed by atoms with Gasteiger partial charge in [0, 0.05) is 31.2 Å². The number of benzene rings is 1. The maximum absolute atomic E-state index is 13.4. The average molecular weight is 354 g/mol. The van der Waals surface area contributed by atoms with Crippen LogP contribution in [0.25, 0.3) is 0 Å². The van der Waals surface area contributed by atoms with E-state index in [1.165, 1.54) is 12.1 Å². The molecule has 2 aliphatic heterocycles. The highest BCUT2D eigenvalue weighted by Crippen LogP contribution is 2.40. The molecule has 4 atom stereocenters. The van der Waals surface area contributed by atoms with Crippen molar-refractivity contribution in [2.45, 2.75) is 31.2 Å². The first-order valence-electron chi connectivity index (χ1n) is 8.16. The Morgan fingerprint density at radius 3 is 2.83 bits per heavy atom. The van der Waals surface area contributed by atoms with Crippen molar-refractivity contribution in [3.8, 4) is 0 Å². The predicted octanol–water partition coefficient (Wildman–Crippen LogP) is 1.87. The van der Waals surface area contributed by atoms with Gasteiger partial charge in [-0.15, -0.1) is 12.4 Å². The number of carbonyl (C=O) groups excluding carboxylic acids is 2. The Hall–Kier alpha value is -1.66. The number of likely N-dealkylation sites (tertiary alicyclic amines) is 1. The standard InChI is InChI=1S/C17H20FN3O2.ClH/c18-10-2-3-11-12(6-16(22)20-15(11)5-10)17(23)21-7-9-1-4-14(19)13(9)8-21;/h2-3,5,9,12-14H,1,4,6-8,19H2,(H,20,22);1H. The molecule has 0 aromatic heterocycles. The molecule has 3 N–H and O–H groups in total. The van der Waals surface area contributed by atoms with E-state index in [1.807, 2.05) is 4.90 Å². The van der Waals surface area contributed by atoms with Crippen LogP contribution < -0.4 is 11.1 Å². The summed E-state index contributed by atoms with van der Waals surface area (Å²) < 4.78 is 13.4. The molecule has 7 heteroatoms. The van der Waals surface area contributed by atoms with Crippen LogP contribution in [0.3, 0.4) is 0 Å². The Bertz CT molecular complexity index is 684. The van der Waals surface area contributed by atoms with Crippen LogP contribution in [-0.4, -0.2) is 35.8 Å². The molecule has 0 bridgehead atoms. The van der Waals surface area contributed by atoms with Gasteiger partial charge in [0.1, 0.15) is 5.82 Å². The molecule has 1 aromatic carbocycles. The molecule has 4 unspecified atom stereocenters. The molecule has 1 saturated heterocycles. The molecular weight excluding hydrogens is 333 g/mol. The maximum atomic E-state index is 13.4. The third-order valence-electron chi connectivity index (χ3n) is 5.58. The second-order valence-electron chi connectivity index (χ2n) is 6.94. The number of amides is 2. The van der Waals surface area contributed by atoms with E-state index in [1.54, 1.807) is 6.07 Å². The van der Waals surface area contributed by atoms with Crippen molar-refractivity contribution in [3.63, 3.8) is 0 Å². The first kappa shape index (κ1) is 17.2. The highest BCUT2D eigenvalue weighted by Gasteiger charge is 2.44. The van der Waals surface area contributed by atoms with Gasteiger partial charge < -0.3 is 16.0 Å². The van der Waals surface area contributed by atoms with E-state index in [-0.39, 0.29) is 36.7 Å². The van der Waals surface area contributed by atoms with Crippen LogP contribution in [0, 0.1) is 17.7 Å². The normalized spacial score (nSPS) is 31.1. The number of halogens is 2. The van der Waals surface area contributed by atoms with Crippen molar-refractivity contribution in [2.75, 3.05) is 18.4 Å². The molecule has 3 aliphatic rings.